The maximum atomic E-state index is 13.7. The topological polar surface area (TPSA) is 73.2 Å². The molecule has 3 aromatic rings. The number of nitrogens with zero attached hydrogens (tertiary/aromatic N) is 2. The number of thioether (sulfide) groups is 1. The van der Waals surface area contributed by atoms with E-state index in [9.17, 15) is 14.9 Å². The van der Waals surface area contributed by atoms with Crippen LogP contribution >= 0.6 is 11.8 Å². The van der Waals surface area contributed by atoms with Gasteiger partial charge in [0, 0.05) is 11.4 Å². The highest BCUT2D eigenvalue weighted by Gasteiger charge is 2.41. The van der Waals surface area contributed by atoms with Crippen molar-refractivity contribution in [2.24, 2.45) is 0 Å². The Bertz CT molecular complexity index is 1390. The van der Waals surface area contributed by atoms with Crippen LogP contribution in [0.3, 0.4) is 0 Å². The number of para-hydroxylation sites is 1. The maximum Gasteiger partial charge on any atom is 0.269 e. The summed E-state index contributed by atoms with van der Waals surface area (Å²) in [5, 5.41) is 12.8. The summed E-state index contributed by atoms with van der Waals surface area (Å²) in [5.74, 6) is -0.657. The average Bonchev–Trinajstić information content (AvgIpc) is 3.14. The summed E-state index contributed by atoms with van der Waals surface area (Å²) < 4.78 is 0. The minimum atomic E-state index is -0.525. The van der Waals surface area contributed by atoms with Crippen LogP contribution in [0.4, 0.5) is 11.4 Å². The number of nitrogens with one attached hydrogen (secondary N) is 1. The summed E-state index contributed by atoms with van der Waals surface area (Å²) in [6, 6.07) is 23.2. The second kappa shape index (κ2) is 10.2. The normalized spacial score (nSPS) is 16.7. The van der Waals surface area contributed by atoms with E-state index in [0.29, 0.717) is 22.8 Å². The van der Waals surface area contributed by atoms with Crippen molar-refractivity contribution in [1.29, 1.82) is 5.26 Å². The summed E-state index contributed by atoms with van der Waals surface area (Å²) >= 11 is 1.28. The molecule has 0 aliphatic carbocycles. The average molecular weight is 482 g/mol. The molecule has 0 spiro atoms. The zero-order chi connectivity index (χ0) is 25.1. The molecule has 1 heterocycles. The van der Waals surface area contributed by atoms with E-state index in [1.807, 2.05) is 88.4 Å². The Morgan fingerprint density at radius 3 is 2.29 bits per heavy atom. The molecule has 6 heteroatoms. The van der Waals surface area contributed by atoms with E-state index < -0.39 is 11.2 Å². The van der Waals surface area contributed by atoms with E-state index in [2.05, 4.69) is 11.4 Å². The Kier molecular flexibility index (Phi) is 7.09. The molecule has 1 atom stereocenters. The second-order valence-electron chi connectivity index (χ2n) is 8.74. The summed E-state index contributed by atoms with van der Waals surface area (Å²) in [7, 11) is 0. The SMILES string of the molecule is Cc1ccc(N2C(=O)C(Cc3ccccc3C)S/C2=C(/C#N)C(=O)Nc2ccccc2C)cc1C. The van der Waals surface area contributed by atoms with Crippen molar-refractivity contribution in [1.82, 2.24) is 0 Å². The number of amides is 2. The van der Waals surface area contributed by atoms with Gasteiger partial charge in [0.05, 0.1) is 5.25 Å². The zero-order valence-electron chi connectivity index (χ0n) is 20.3. The molecule has 1 unspecified atom stereocenters. The number of benzene rings is 3. The first-order chi connectivity index (χ1) is 16.8. The van der Waals surface area contributed by atoms with Gasteiger partial charge in [0.1, 0.15) is 16.7 Å². The Labute approximate surface area is 210 Å². The zero-order valence-corrected chi connectivity index (χ0v) is 21.1. The summed E-state index contributed by atoms with van der Waals surface area (Å²) in [6.07, 6.45) is 0.513. The van der Waals surface area contributed by atoms with Crippen LogP contribution < -0.4 is 10.2 Å². The number of hydrogen-bond acceptors (Lipinski definition) is 4. The molecule has 4 rings (SSSR count). The summed E-state index contributed by atoms with van der Waals surface area (Å²) in [6.45, 7) is 7.90. The van der Waals surface area contributed by atoms with E-state index >= 15 is 0 Å². The van der Waals surface area contributed by atoms with Gasteiger partial charge in [0.15, 0.2) is 0 Å². The van der Waals surface area contributed by atoms with Gasteiger partial charge in [-0.25, -0.2) is 0 Å². The highest BCUT2D eigenvalue weighted by Crippen LogP contribution is 2.42. The van der Waals surface area contributed by atoms with Crippen LogP contribution in [0.15, 0.2) is 77.3 Å². The fourth-order valence-electron chi connectivity index (χ4n) is 4.02. The number of hydrogen-bond donors (Lipinski definition) is 1. The first kappa shape index (κ1) is 24.3. The van der Waals surface area contributed by atoms with Crippen LogP contribution in [0, 0.1) is 39.0 Å². The number of carbonyl (C=O) groups excluding carboxylic acids is 2. The molecule has 0 radical (unpaired) electrons. The van der Waals surface area contributed by atoms with Gasteiger partial charge in [-0.05, 0) is 80.1 Å². The molecule has 1 aliphatic heterocycles. The van der Waals surface area contributed by atoms with Gasteiger partial charge >= 0.3 is 0 Å². The lowest BCUT2D eigenvalue weighted by atomic mass is 10.0. The van der Waals surface area contributed by atoms with Crippen molar-refractivity contribution in [2.45, 2.75) is 39.4 Å². The molecule has 0 bridgehead atoms. The fraction of sp³-hybridized carbons (Fsp3) is 0.207. The molecule has 176 valence electrons. The molecule has 0 saturated carbocycles. The second-order valence-corrected chi connectivity index (χ2v) is 9.93. The van der Waals surface area contributed by atoms with Crippen molar-refractivity contribution >= 4 is 35.0 Å². The van der Waals surface area contributed by atoms with Gasteiger partial charge < -0.3 is 5.32 Å². The Hall–Kier alpha value is -3.82. The predicted octanol–water partition coefficient (Wildman–Crippen LogP) is 5.99. The Morgan fingerprint density at radius 2 is 1.63 bits per heavy atom. The van der Waals surface area contributed by atoms with Crippen LogP contribution in [-0.4, -0.2) is 17.1 Å². The van der Waals surface area contributed by atoms with Gasteiger partial charge in [-0.1, -0.05) is 60.3 Å². The minimum Gasteiger partial charge on any atom is -0.321 e. The standard InChI is InChI=1S/C29H27N3O2S/c1-18-13-14-23(15-21(18)4)32-28(34)26(16-22-11-7-5-9-19(22)2)35-29(32)24(17-30)27(33)31-25-12-8-6-10-20(25)3/h5-15,26H,16H2,1-4H3,(H,31,33)/b29-24-. The highest BCUT2D eigenvalue weighted by atomic mass is 32.2. The Morgan fingerprint density at radius 1 is 0.943 bits per heavy atom. The Balaban J connectivity index is 1.77. The monoisotopic (exact) mass is 481 g/mol. The van der Waals surface area contributed by atoms with Crippen LogP contribution in [0.25, 0.3) is 0 Å². The molecule has 1 aliphatic rings. The first-order valence-electron chi connectivity index (χ1n) is 11.4. The molecule has 5 nitrogen and oxygen atoms in total. The van der Waals surface area contributed by atoms with Crippen molar-refractivity contribution < 1.29 is 9.59 Å². The van der Waals surface area contributed by atoms with Gasteiger partial charge in [-0.2, -0.15) is 5.26 Å². The molecule has 1 saturated heterocycles. The highest BCUT2D eigenvalue weighted by molar-refractivity contribution is 8.05. The van der Waals surface area contributed by atoms with Crippen molar-refractivity contribution in [3.8, 4) is 6.07 Å². The van der Waals surface area contributed by atoms with E-state index in [1.165, 1.54) is 16.7 Å². The fourth-order valence-corrected chi connectivity index (χ4v) is 5.32. The molecule has 0 aromatic heterocycles. The molecular weight excluding hydrogens is 454 g/mol. The van der Waals surface area contributed by atoms with Crippen LogP contribution in [0.1, 0.15) is 27.8 Å². The quantitative estimate of drug-likeness (QED) is 0.359. The third-order valence-electron chi connectivity index (χ3n) is 6.31. The summed E-state index contributed by atoms with van der Waals surface area (Å²) in [4.78, 5) is 28.5. The van der Waals surface area contributed by atoms with E-state index in [0.717, 1.165) is 27.8 Å². The van der Waals surface area contributed by atoms with E-state index in [-0.39, 0.29) is 11.5 Å². The van der Waals surface area contributed by atoms with E-state index in [1.54, 1.807) is 6.07 Å². The number of anilines is 2. The lowest BCUT2D eigenvalue weighted by Crippen LogP contribution is -2.31. The van der Waals surface area contributed by atoms with Gasteiger partial charge in [0.2, 0.25) is 5.91 Å². The van der Waals surface area contributed by atoms with Gasteiger partial charge in [-0.3, -0.25) is 14.5 Å². The lowest BCUT2D eigenvalue weighted by Gasteiger charge is -2.20. The number of nitriles is 1. The van der Waals surface area contributed by atoms with Crippen molar-refractivity contribution in [3.63, 3.8) is 0 Å². The smallest absolute Gasteiger partial charge is 0.269 e. The minimum absolute atomic E-state index is 0.0721. The van der Waals surface area contributed by atoms with Crippen molar-refractivity contribution in [2.75, 3.05) is 10.2 Å². The molecule has 2 amide bonds. The lowest BCUT2D eigenvalue weighted by molar-refractivity contribution is -0.117. The third-order valence-corrected chi connectivity index (χ3v) is 7.58. The van der Waals surface area contributed by atoms with Crippen LogP contribution in [-0.2, 0) is 16.0 Å². The molecule has 1 N–H and O–H groups in total. The molecule has 1 fully saturated rings. The maximum absolute atomic E-state index is 13.7. The number of aryl methyl sites for hydroxylation is 4. The number of rotatable bonds is 5. The summed E-state index contributed by atoms with van der Waals surface area (Å²) in [5.41, 5.74) is 6.42. The van der Waals surface area contributed by atoms with Crippen LogP contribution in [0.2, 0.25) is 0 Å². The molecule has 35 heavy (non-hydrogen) atoms. The first-order valence-corrected chi connectivity index (χ1v) is 12.3. The van der Waals surface area contributed by atoms with Gasteiger partial charge in [0.25, 0.3) is 5.91 Å². The van der Waals surface area contributed by atoms with Gasteiger partial charge in [-0.15, -0.1) is 0 Å². The third kappa shape index (κ3) is 5.01. The van der Waals surface area contributed by atoms with Crippen molar-refractivity contribution in [3.05, 3.63) is 105 Å². The van der Waals surface area contributed by atoms with Crippen LogP contribution in [0.5, 0.6) is 0 Å². The molecular formula is C29H27N3O2S. The number of carbonyl (C=O) groups is 2. The predicted molar refractivity (Wildman–Crippen MR) is 142 cm³/mol. The molecule has 3 aromatic carbocycles. The largest absolute Gasteiger partial charge is 0.321 e. The van der Waals surface area contributed by atoms with E-state index in [4.69, 9.17) is 0 Å².